The van der Waals surface area contributed by atoms with E-state index in [4.69, 9.17) is 18.0 Å². The van der Waals surface area contributed by atoms with Crippen molar-refractivity contribution in [1.29, 1.82) is 0 Å². The first-order valence-electron chi connectivity index (χ1n) is 5.50. The summed E-state index contributed by atoms with van der Waals surface area (Å²) in [5, 5.41) is 4.76. The van der Waals surface area contributed by atoms with Gasteiger partial charge in [-0.25, -0.2) is 0 Å². The van der Waals surface area contributed by atoms with Crippen LogP contribution in [0.15, 0.2) is 18.2 Å². The summed E-state index contributed by atoms with van der Waals surface area (Å²) in [5.74, 6) is -1.89. The maximum atomic E-state index is 11.8. The summed E-state index contributed by atoms with van der Waals surface area (Å²) in [5.41, 5.74) is 6.33. The number of fused-ring (bicyclic) bond motifs is 1. The van der Waals surface area contributed by atoms with Crippen molar-refractivity contribution in [3.05, 3.63) is 29.3 Å². The van der Waals surface area contributed by atoms with Crippen molar-refractivity contribution in [2.24, 2.45) is 11.7 Å². The van der Waals surface area contributed by atoms with Crippen LogP contribution in [0, 0.1) is 5.92 Å². The average Bonchev–Trinajstić information content (AvgIpc) is 2.63. The van der Waals surface area contributed by atoms with E-state index in [1.54, 1.807) is 13.0 Å². The van der Waals surface area contributed by atoms with Crippen molar-refractivity contribution < 1.29 is 14.4 Å². The summed E-state index contributed by atoms with van der Waals surface area (Å²) in [6.07, 6.45) is 0. The number of anilines is 1. The average molecular weight is 277 g/mol. The van der Waals surface area contributed by atoms with Crippen LogP contribution in [0.1, 0.15) is 27.6 Å². The van der Waals surface area contributed by atoms with Gasteiger partial charge in [0.1, 0.15) is 0 Å². The van der Waals surface area contributed by atoms with Crippen LogP contribution in [0.4, 0.5) is 5.69 Å². The Morgan fingerprint density at radius 1 is 1.32 bits per heavy atom. The SMILES string of the molecule is CC(C(=O)Nc1ccc2c(c1)C(=O)NC2=O)C(N)=S. The number of rotatable bonds is 3. The second kappa shape index (κ2) is 4.77. The van der Waals surface area contributed by atoms with Gasteiger partial charge >= 0.3 is 0 Å². The van der Waals surface area contributed by atoms with Crippen molar-refractivity contribution >= 4 is 40.6 Å². The Balaban J connectivity index is 2.22. The Bertz CT molecular complexity index is 612. The molecular weight excluding hydrogens is 266 g/mol. The Kier molecular flexibility index (Phi) is 3.30. The van der Waals surface area contributed by atoms with Crippen LogP contribution < -0.4 is 16.4 Å². The lowest BCUT2D eigenvalue weighted by molar-refractivity contribution is -0.117. The minimum atomic E-state index is -0.612. The molecule has 0 aromatic heterocycles. The van der Waals surface area contributed by atoms with Crippen LogP contribution >= 0.6 is 12.2 Å². The number of benzene rings is 1. The fraction of sp³-hybridized carbons (Fsp3) is 0.167. The summed E-state index contributed by atoms with van der Waals surface area (Å²) >= 11 is 4.73. The zero-order chi connectivity index (χ0) is 14.2. The zero-order valence-electron chi connectivity index (χ0n) is 10.0. The van der Waals surface area contributed by atoms with E-state index >= 15 is 0 Å². The van der Waals surface area contributed by atoms with Crippen LogP contribution in [0.3, 0.4) is 0 Å². The molecule has 0 aliphatic carbocycles. The lowest BCUT2D eigenvalue weighted by atomic mass is 10.1. The summed E-state index contributed by atoms with van der Waals surface area (Å²) < 4.78 is 0. The molecule has 2 rings (SSSR count). The van der Waals surface area contributed by atoms with Crippen LogP contribution in [-0.4, -0.2) is 22.7 Å². The molecule has 1 aromatic carbocycles. The third-order valence-electron chi connectivity index (χ3n) is 2.82. The topological polar surface area (TPSA) is 101 Å². The van der Waals surface area contributed by atoms with E-state index < -0.39 is 17.7 Å². The molecule has 0 saturated carbocycles. The molecule has 7 heteroatoms. The highest BCUT2D eigenvalue weighted by atomic mass is 32.1. The summed E-state index contributed by atoms with van der Waals surface area (Å²) in [4.78, 5) is 34.7. The van der Waals surface area contributed by atoms with Gasteiger partial charge in [0.2, 0.25) is 5.91 Å². The molecule has 98 valence electrons. The lowest BCUT2D eigenvalue weighted by Crippen LogP contribution is -2.30. The zero-order valence-corrected chi connectivity index (χ0v) is 10.8. The smallest absolute Gasteiger partial charge is 0.259 e. The molecule has 0 spiro atoms. The number of hydrogen-bond donors (Lipinski definition) is 3. The summed E-state index contributed by atoms with van der Waals surface area (Å²) in [7, 11) is 0. The van der Waals surface area contributed by atoms with Gasteiger partial charge in [-0.1, -0.05) is 12.2 Å². The first-order valence-corrected chi connectivity index (χ1v) is 5.91. The molecule has 0 bridgehead atoms. The fourth-order valence-corrected chi connectivity index (χ4v) is 1.73. The molecule has 19 heavy (non-hydrogen) atoms. The minimum absolute atomic E-state index is 0.0894. The molecule has 1 aliphatic heterocycles. The van der Waals surface area contributed by atoms with Gasteiger partial charge in [-0.05, 0) is 25.1 Å². The van der Waals surface area contributed by atoms with Gasteiger partial charge in [0.05, 0.1) is 22.0 Å². The highest BCUT2D eigenvalue weighted by molar-refractivity contribution is 7.80. The van der Waals surface area contributed by atoms with Crippen LogP contribution in [-0.2, 0) is 4.79 Å². The second-order valence-electron chi connectivity index (χ2n) is 4.16. The van der Waals surface area contributed by atoms with E-state index in [0.29, 0.717) is 11.3 Å². The summed E-state index contributed by atoms with van der Waals surface area (Å²) in [6, 6.07) is 4.47. The van der Waals surface area contributed by atoms with Crippen LogP contribution in [0.5, 0.6) is 0 Å². The molecule has 4 N–H and O–H groups in total. The van der Waals surface area contributed by atoms with Gasteiger partial charge < -0.3 is 11.1 Å². The number of thiocarbonyl (C=S) groups is 1. The second-order valence-corrected chi connectivity index (χ2v) is 4.63. The quantitative estimate of drug-likeness (QED) is 0.549. The van der Waals surface area contributed by atoms with Gasteiger partial charge in [0.25, 0.3) is 11.8 Å². The molecule has 1 unspecified atom stereocenters. The van der Waals surface area contributed by atoms with Gasteiger partial charge in [0.15, 0.2) is 0 Å². The van der Waals surface area contributed by atoms with Crippen molar-refractivity contribution in [2.75, 3.05) is 5.32 Å². The van der Waals surface area contributed by atoms with E-state index in [1.165, 1.54) is 12.1 Å². The van der Waals surface area contributed by atoms with E-state index in [9.17, 15) is 14.4 Å². The molecule has 0 saturated heterocycles. The minimum Gasteiger partial charge on any atom is -0.393 e. The molecule has 0 fully saturated rings. The number of nitrogens with two attached hydrogens (primary N) is 1. The lowest BCUT2D eigenvalue weighted by Gasteiger charge is -2.10. The first kappa shape index (κ1) is 13.2. The fourth-order valence-electron chi connectivity index (χ4n) is 1.63. The van der Waals surface area contributed by atoms with Crippen molar-refractivity contribution in [2.45, 2.75) is 6.92 Å². The monoisotopic (exact) mass is 277 g/mol. The van der Waals surface area contributed by atoms with E-state index in [0.717, 1.165) is 0 Å². The first-order chi connectivity index (χ1) is 8.90. The van der Waals surface area contributed by atoms with E-state index in [-0.39, 0.29) is 16.5 Å². The van der Waals surface area contributed by atoms with Crippen LogP contribution in [0.2, 0.25) is 0 Å². The van der Waals surface area contributed by atoms with Crippen LogP contribution in [0.25, 0.3) is 0 Å². The number of carbonyl (C=O) groups is 3. The standard InChI is InChI=1S/C12H11N3O3S/c1-5(9(13)19)10(16)14-6-2-3-7-8(4-6)12(18)15-11(7)17/h2-5H,1H3,(H2,13,19)(H,14,16)(H,15,17,18). The predicted octanol–water partition coefficient (Wildman–Crippen LogP) is 0.431. The molecule has 6 nitrogen and oxygen atoms in total. The highest BCUT2D eigenvalue weighted by Gasteiger charge is 2.27. The number of carbonyl (C=O) groups excluding carboxylic acids is 3. The molecule has 1 aliphatic rings. The summed E-state index contributed by atoms with van der Waals surface area (Å²) in [6.45, 7) is 1.58. The third-order valence-corrected chi connectivity index (χ3v) is 3.18. The molecule has 1 atom stereocenters. The van der Waals surface area contributed by atoms with Gasteiger partial charge in [-0.3, -0.25) is 19.7 Å². The van der Waals surface area contributed by atoms with Crippen molar-refractivity contribution in [3.63, 3.8) is 0 Å². The molecule has 1 aromatic rings. The molecule has 0 radical (unpaired) electrons. The third kappa shape index (κ3) is 2.45. The van der Waals surface area contributed by atoms with Crippen molar-refractivity contribution in [3.8, 4) is 0 Å². The Hall–Kier alpha value is -2.28. The predicted molar refractivity (Wildman–Crippen MR) is 72.8 cm³/mol. The van der Waals surface area contributed by atoms with Crippen molar-refractivity contribution in [1.82, 2.24) is 5.32 Å². The Morgan fingerprint density at radius 3 is 2.58 bits per heavy atom. The Morgan fingerprint density at radius 2 is 1.95 bits per heavy atom. The largest absolute Gasteiger partial charge is 0.393 e. The molecular formula is C12H11N3O3S. The number of amides is 3. The number of nitrogens with one attached hydrogen (secondary N) is 2. The van der Waals surface area contributed by atoms with Gasteiger partial charge in [-0.2, -0.15) is 0 Å². The Labute approximate surface area is 114 Å². The number of imide groups is 1. The number of hydrogen-bond acceptors (Lipinski definition) is 4. The van der Waals surface area contributed by atoms with Gasteiger partial charge in [0, 0.05) is 5.69 Å². The van der Waals surface area contributed by atoms with E-state index in [2.05, 4.69) is 10.6 Å². The molecule has 1 heterocycles. The maximum Gasteiger partial charge on any atom is 0.259 e. The normalized spacial score (nSPS) is 14.6. The van der Waals surface area contributed by atoms with E-state index in [1.807, 2.05) is 0 Å². The molecule has 3 amide bonds. The van der Waals surface area contributed by atoms with Gasteiger partial charge in [-0.15, -0.1) is 0 Å². The highest BCUT2D eigenvalue weighted by Crippen LogP contribution is 2.20. The maximum absolute atomic E-state index is 11.8.